The summed E-state index contributed by atoms with van der Waals surface area (Å²) in [4.78, 5) is 11.8. The van der Waals surface area contributed by atoms with E-state index in [1.807, 2.05) is 30.3 Å². The van der Waals surface area contributed by atoms with Gasteiger partial charge in [-0.1, -0.05) is 18.2 Å². The molecule has 0 atom stereocenters. The molecule has 2 aromatic heterocycles. The Hall–Kier alpha value is -2.82. The maximum atomic E-state index is 11.8. The second kappa shape index (κ2) is 4.81. The molecule has 0 spiro atoms. The zero-order valence-corrected chi connectivity index (χ0v) is 9.98. The molecule has 3 rings (SSSR count). The fourth-order valence-corrected chi connectivity index (χ4v) is 1.70. The Balaban J connectivity index is 1.77. The highest BCUT2D eigenvalue weighted by Gasteiger charge is 2.10. The first-order valence-electron chi connectivity index (χ1n) is 5.79. The van der Waals surface area contributed by atoms with E-state index in [9.17, 15) is 4.79 Å². The van der Waals surface area contributed by atoms with Crippen LogP contribution in [0.2, 0.25) is 0 Å². The highest BCUT2D eigenvalue weighted by molar-refractivity contribution is 6.01. The zero-order valence-electron chi connectivity index (χ0n) is 9.98. The molecule has 5 heteroatoms. The van der Waals surface area contributed by atoms with Crippen molar-refractivity contribution < 1.29 is 9.21 Å². The fraction of sp³-hybridized carbons (Fsp3) is 0. The average molecular weight is 253 g/mol. The van der Waals surface area contributed by atoms with Gasteiger partial charge in [-0.15, -0.1) is 0 Å². The number of furan rings is 1. The van der Waals surface area contributed by atoms with Gasteiger partial charge in [0.15, 0.2) is 11.6 Å². The lowest BCUT2D eigenvalue weighted by Crippen LogP contribution is -2.11. The van der Waals surface area contributed by atoms with Crippen LogP contribution in [0.4, 0.5) is 5.82 Å². The molecule has 5 nitrogen and oxygen atoms in total. The van der Waals surface area contributed by atoms with Crippen LogP contribution in [0.5, 0.6) is 0 Å². The predicted molar refractivity (Wildman–Crippen MR) is 70.2 cm³/mol. The van der Waals surface area contributed by atoms with Crippen LogP contribution in [0.25, 0.3) is 5.69 Å². The number of carbonyl (C=O) groups is 1. The minimum absolute atomic E-state index is 0.259. The number of para-hydroxylation sites is 1. The molecule has 2 heterocycles. The van der Waals surface area contributed by atoms with Crippen LogP contribution < -0.4 is 5.32 Å². The molecule has 0 fully saturated rings. The Morgan fingerprint density at radius 1 is 1.11 bits per heavy atom. The van der Waals surface area contributed by atoms with Gasteiger partial charge < -0.3 is 9.73 Å². The molecule has 0 bridgehead atoms. The van der Waals surface area contributed by atoms with Gasteiger partial charge in [-0.2, -0.15) is 5.10 Å². The van der Waals surface area contributed by atoms with Crippen molar-refractivity contribution in [2.45, 2.75) is 0 Å². The molecule has 94 valence electrons. The lowest BCUT2D eigenvalue weighted by atomic mass is 10.3. The van der Waals surface area contributed by atoms with E-state index < -0.39 is 0 Å². The summed E-state index contributed by atoms with van der Waals surface area (Å²) in [6.45, 7) is 0. The summed E-state index contributed by atoms with van der Waals surface area (Å²) < 4.78 is 6.70. The van der Waals surface area contributed by atoms with Crippen LogP contribution in [0.1, 0.15) is 10.6 Å². The van der Waals surface area contributed by atoms with Gasteiger partial charge in [0.2, 0.25) is 0 Å². The smallest absolute Gasteiger partial charge is 0.292 e. The molecule has 0 saturated carbocycles. The SMILES string of the molecule is O=C(Nc1ccn(-c2ccccc2)n1)c1ccco1. The third kappa shape index (κ3) is 2.40. The quantitative estimate of drug-likeness (QED) is 0.780. The van der Waals surface area contributed by atoms with Crippen LogP contribution >= 0.6 is 0 Å². The standard InChI is InChI=1S/C14H11N3O2/c18-14(12-7-4-10-19-12)15-13-8-9-17(16-13)11-5-2-1-3-6-11/h1-10H,(H,15,16,18). The number of benzene rings is 1. The van der Waals surface area contributed by atoms with Crippen molar-refractivity contribution in [2.75, 3.05) is 5.32 Å². The topological polar surface area (TPSA) is 60.1 Å². The normalized spacial score (nSPS) is 10.3. The molecule has 3 aromatic rings. The molecule has 1 N–H and O–H groups in total. The number of hydrogen-bond donors (Lipinski definition) is 1. The van der Waals surface area contributed by atoms with Gasteiger partial charge in [0.1, 0.15) is 0 Å². The van der Waals surface area contributed by atoms with Crippen LogP contribution in [-0.4, -0.2) is 15.7 Å². The highest BCUT2D eigenvalue weighted by Crippen LogP contribution is 2.11. The Morgan fingerprint density at radius 2 is 1.95 bits per heavy atom. The number of anilines is 1. The van der Waals surface area contributed by atoms with Crippen LogP contribution in [0, 0.1) is 0 Å². The van der Waals surface area contributed by atoms with Crippen molar-refractivity contribution in [1.29, 1.82) is 0 Å². The molecule has 1 amide bonds. The van der Waals surface area contributed by atoms with E-state index in [-0.39, 0.29) is 11.7 Å². The second-order valence-electron chi connectivity index (χ2n) is 3.91. The molecular formula is C14H11N3O2. The Labute approximate surface area is 109 Å². The number of nitrogens with zero attached hydrogens (tertiary/aromatic N) is 2. The first-order valence-corrected chi connectivity index (χ1v) is 5.79. The monoisotopic (exact) mass is 253 g/mol. The molecule has 0 aliphatic carbocycles. The van der Waals surface area contributed by atoms with Gasteiger partial charge in [-0.05, 0) is 24.3 Å². The summed E-state index contributed by atoms with van der Waals surface area (Å²) in [5.41, 5.74) is 0.931. The van der Waals surface area contributed by atoms with Gasteiger partial charge in [-0.25, -0.2) is 4.68 Å². The molecule has 19 heavy (non-hydrogen) atoms. The fourth-order valence-electron chi connectivity index (χ4n) is 1.70. The minimum atomic E-state index is -0.316. The predicted octanol–water partition coefficient (Wildman–Crippen LogP) is 2.72. The number of rotatable bonds is 3. The average Bonchev–Trinajstić information content (AvgIpc) is 3.11. The first-order chi connectivity index (χ1) is 9.33. The first kappa shape index (κ1) is 11.3. The van der Waals surface area contributed by atoms with E-state index in [4.69, 9.17) is 4.42 Å². The van der Waals surface area contributed by atoms with E-state index in [2.05, 4.69) is 10.4 Å². The van der Waals surface area contributed by atoms with Crippen molar-refractivity contribution >= 4 is 11.7 Å². The van der Waals surface area contributed by atoms with E-state index in [1.54, 1.807) is 29.1 Å². The number of amides is 1. The van der Waals surface area contributed by atoms with Crippen LogP contribution in [-0.2, 0) is 0 Å². The summed E-state index contributed by atoms with van der Waals surface area (Å²) in [6, 6.07) is 14.7. The van der Waals surface area contributed by atoms with Crippen LogP contribution in [0.15, 0.2) is 65.4 Å². The minimum Gasteiger partial charge on any atom is -0.459 e. The Bertz CT molecular complexity index is 672. The molecule has 0 saturated heterocycles. The third-order valence-corrected chi connectivity index (χ3v) is 2.60. The van der Waals surface area contributed by atoms with E-state index in [0.717, 1.165) is 5.69 Å². The summed E-state index contributed by atoms with van der Waals surface area (Å²) in [6.07, 6.45) is 3.24. The second-order valence-corrected chi connectivity index (χ2v) is 3.91. The lowest BCUT2D eigenvalue weighted by molar-refractivity contribution is 0.0996. The van der Waals surface area contributed by atoms with Crippen molar-refractivity contribution in [2.24, 2.45) is 0 Å². The highest BCUT2D eigenvalue weighted by atomic mass is 16.3. The Kier molecular flexibility index (Phi) is 2.86. The van der Waals surface area contributed by atoms with Gasteiger partial charge in [0.25, 0.3) is 5.91 Å². The molecule has 0 radical (unpaired) electrons. The summed E-state index contributed by atoms with van der Waals surface area (Å²) in [5.74, 6) is 0.419. The molecule has 0 aliphatic heterocycles. The summed E-state index contributed by atoms with van der Waals surface area (Å²) in [7, 11) is 0. The molecule has 0 aliphatic rings. The van der Waals surface area contributed by atoms with Crippen molar-refractivity contribution in [3.05, 3.63) is 66.8 Å². The maximum absolute atomic E-state index is 11.8. The van der Waals surface area contributed by atoms with Crippen molar-refractivity contribution in [3.63, 3.8) is 0 Å². The van der Waals surface area contributed by atoms with Gasteiger partial charge in [0.05, 0.1) is 12.0 Å². The lowest BCUT2D eigenvalue weighted by Gasteiger charge is -2.00. The molecule has 0 unspecified atom stereocenters. The third-order valence-electron chi connectivity index (χ3n) is 2.60. The van der Waals surface area contributed by atoms with Crippen LogP contribution in [0.3, 0.4) is 0 Å². The summed E-state index contributed by atoms with van der Waals surface area (Å²) >= 11 is 0. The van der Waals surface area contributed by atoms with E-state index in [1.165, 1.54) is 6.26 Å². The van der Waals surface area contributed by atoms with Gasteiger partial charge in [0, 0.05) is 12.3 Å². The molecule has 1 aromatic carbocycles. The van der Waals surface area contributed by atoms with E-state index in [0.29, 0.717) is 5.82 Å². The zero-order chi connectivity index (χ0) is 13.1. The Morgan fingerprint density at radius 3 is 2.68 bits per heavy atom. The number of nitrogens with one attached hydrogen (secondary N) is 1. The van der Waals surface area contributed by atoms with Crippen molar-refractivity contribution in [1.82, 2.24) is 9.78 Å². The number of aromatic nitrogens is 2. The van der Waals surface area contributed by atoms with Gasteiger partial charge >= 0.3 is 0 Å². The largest absolute Gasteiger partial charge is 0.459 e. The van der Waals surface area contributed by atoms with Crippen molar-refractivity contribution in [3.8, 4) is 5.69 Å². The van der Waals surface area contributed by atoms with Gasteiger partial charge in [-0.3, -0.25) is 4.79 Å². The number of carbonyl (C=O) groups excluding carboxylic acids is 1. The maximum Gasteiger partial charge on any atom is 0.292 e. The van der Waals surface area contributed by atoms with E-state index >= 15 is 0 Å². The molecular weight excluding hydrogens is 242 g/mol. The number of hydrogen-bond acceptors (Lipinski definition) is 3. The summed E-state index contributed by atoms with van der Waals surface area (Å²) in [5, 5.41) is 6.94.